The van der Waals surface area contributed by atoms with Gasteiger partial charge in [0.1, 0.15) is 0 Å². The van der Waals surface area contributed by atoms with Crippen LogP contribution in [-0.4, -0.2) is 25.2 Å². The highest BCUT2D eigenvalue weighted by molar-refractivity contribution is 7.99. The van der Waals surface area contributed by atoms with E-state index >= 15 is 0 Å². The molecule has 10 heteroatoms. The zero-order valence-corrected chi connectivity index (χ0v) is 15.9. The monoisotopic (exact) mass is 410 g/mol. The minimum absolute atomic E-state index is 0.0945. The summed E-state index contributed by atoms with van der Waals surface area (Å²) >= 11 is 1.17. The van der Waals surface area contributed by atoms with Crippen molar-refractivity contribution in [2.24, 2.45) is 7.05 Å². The SMILES string of the molecule is Cn1ccnc1Sc1ccc(C=CC(=O)c2ccc([N+](=O)[O-])cc2)cc1[N+](=O)[O-]. The lowest BCUT2D eigenvalue weighted by atomic mass is 10.1. The Balaban J connectivity index is 1.80. The van der Waals surface area contributed by atoms with Crippen LogP contribution in [-0.2, 0) is 7.05 Å². The molecule has 0 N–H and O–H groups in total. The van der Waals surface area contributed by atoms with Gasteiger partial charge < -0.3 is 4.57 Å². The number of allylic oxidation sites excluding steroid dienone is 1. The van der Waals surface area contributed by atoms with Crippen molar-refractivity contribution in [1.29, 1.82) is 0 Å². The van der Waals surface area contributed by atoms with E-state index in [-0.39, 0.29) is 22.7 Å². The van der Waals surface area contributed by atoms with Crippen LogP contribution in [0.4, 0.5) is 11.4 Å². The molecule has 9 nitrogen and oxygen atoms in total. The largest absolute Gasteiger partial charge is 0.329 e. The molecule has 0 bridgehead atoms. The third-order valence-electron chi connectivity index (χ3n) is 3.95. The first kappa shape index (κ1) is 20.0. The number of hydrogen-bond acceptors (Lipinski definition) is 7. The van der Waals surface area contributed by atoms with Crippen molar-refractivity contribution in [3.8, 4) is 0 Å². The number of nitrogens with zero attached hydrogens (tertiary/aromatic N) is 4. The zero-order chi connectivity index (χ0) is 21.0. The standard InChI is InChI=1S/C19H14N4O5S/c1-21-11-10-20-19(21)29-18-9-3-13(12-16(18)23(27)28)2-8-17(24)14-4-6-15(7-5-14)22(25)26/h2-12H,1H3. The molecular formula is C19H14N4O5S. The topological polar surface area (TPSA) is 121 Å². The Morgan fingerprint density at radius 3 is 2.41 bits per heavy atom. The lowest BCUT2D eigenvalue weighted by molar-refractivity contribution is -0.387. The average molecular weight is 410 g/mol. The van der Waals surface area contributed by atoms with Crippen molar-refractivity contribution in [3.63, 3.8) is 0 Å². The fourth-order valence-corrected chi connectivity index (χ4v) is 3.32. The molecule has 0 spiro atoms. The second-order valence-corrected chi connectivity index (χ2v) is 6.92. The van der Waals surface area contributed by atoms with Gasteiger partial charge >= 0.3 is 0 Å². The minimum Gasteiger partial charge on any atom is -0.329 e. The first-order chi connectivity index (χ1) is 13.8. The molecule has 0 aliphatic carbocycles. The van der Waals surface area contributed by atoms with Crippen LogP contribution in [0, 0.1) is 20.2 Å². The van der Waals surface area contributed by atoms with Crippen LogP contribution in [0.3, 0.4) is 0 Å². The highest BCUT2D eigenvalue weighted by atomic mass is 32.2. The molecule has 3 rings (SSSR count). The number of imidazole rings is 1. The minimum atomic E-state index is -0.548. The van der Waals surface area contributed by atoms with Crippen molar-refractivity contribution in [2.75, 3.05) is 0 Å². The van der Waals surface area contributed by atoms with E-state index in [0.717, 1.165) is 0 Å². The number of non-ortho nitro benzene ring substituents is 1. The van der Waals surface area contributed by atoms with E-state index < -0.39 is 9.85 Å². The van der Waals surface area contributed by atoms with Crippen LogP contribution in [0.25, 0.3) is 6.08 Å². The van der Waals surface area contributed by atoms with E-state index in [4.69, 9.17) is 0 Å². The van der Waals surface area contributed by atoms with Gasteiger partial charge in [0.05, 0.1) is 14.7 Å². The predicted octanol–water partition coefficient (Wildman–Crippen LogP) is 4.28. The number of carbonyl (C=O) groups excluding carboxylic acids is 1. The second kappa shape index (κ2) is 8.48. The number of nitro benzene ring substituents is 2. The van der Waals surface area contributed by atoms with Gasteiger partial charge in [-0.15, -0.1) is 0 Å². The number of benzene rings is 2. The molecule has 0 saturated heterocycles. The quantitative estimate of drug-likeness (QED) is 0.246. The van der Waals surface area contributed by atoms with Gasteiger partial charge in [-0.2, -0.15) is 0 Å². The van der Waals surface area contributed by atoms with E-state index in [1.54, 1.807) is 36.1 Å². The summed E-state index contributed by atoms with van der Waals surface area (Å²) in [4.78, 5) is 37.9. The summed E-state index contributed by atoms with van der Waals surface area (Å²) in [5, 5.41) is 22.7. The van der Waals surface area contributed by atoms with Crippen molar-refractivity contribution in [3.05, 3.63) is 92.3 Å². The number of aromatic nitrogens is 2. The Kier molecular flexibility index (Phi) is 5.84. The van der Waals surface area contributed by atoms with Gasteiger partial charge in [0.15, 0.2) is 10.9 Å². The van der Waals surface area contributed by atoms with Gasteiger partial charge in [-0.1, -0.05) is 12.1 Å². The number of hydrogen-bond donors (Lipinski definition) is 0. The molecule has 146 valence electrons. The molecule has 29 heavy (non-hydrogen) atoms. The first-order valence-electron chi connectivity index (χ1n) is 8.25. The summed E-state index contributed by atoms with van der Waals surface area (Å²) in [6.45, 7) is 0. The normalized spacial score (nSPS) is 10.9. The smallest absolute Gasteiger partial charge is 0.283 e. The molecule has 0 radical (unpaired) electrons. The van der Waals surface area contributed by atoms with E-state index in [1.807, 2.05) is 0 Å². The van der Waals surface area contributed by atoms with E-state index in [2.05, 4.69) is 4.98 Å². The lowest BCUT2D eigenvalue weighted by Crippen LogP contribution is -1.96. The fourth-order valence-electron chi connectivity index (χ4n) is 2.43. The van der Waals surface area contributed by atoms with E-state index in [0.29, 0.717) is 15.6 Å². The van der Waals surface area contributed by atoms with Gasteiger partial charge in [0.25, 0.3) is 11.4 Å². The van der Waals surface area contributed by atoms with Gasteiger partial charge in [0, 0.05) is 43.2 Å². The van der Waals surface area contributed by atoms with Crippen molar-refractivity contribution < 1.29 is 14.6 Å². The van der Waals surface area contributed by atoms with Gasteiger partial charge in [-0.05, 0) is 41.6 Å². The Morgan fingerprint density at radius 2 is 1.83 bits per heavy atom. The summed E-state index contributed by atoms with van der Waals surface area (Å²) < 4.78 is 1.76. The van der Waals surface area contributed by atoms with Crippen LogP contribution in [0.5, 0.6) is 0 Å². The third-order valence-corrected chi connectivity index (χ3v) is 5.09. The molecule has 1 heterocycles. The number of rotatable bonds is 7. The summed E-state index contributed by atoms with van der Waals surface area (Å²) in [5.41, 5.74) is 0.560. The zero-order valence-electron chi connectivity index (χ0n) is 15.1. The molecule has 0 aliphatic heterocycles. The van der Waals surface area contributed by atoms with E-state index in [1.165, 1.54) is 54.2 Å². The highest BCUT2D eigenvalue weighted by Gasteiger charge is 2.17. The summed E-state index contributed by atoms with van der Waals surface area (Å²) in [6.07, 6.45) is 6.09. The molecule has 0 amide bonds. The molecular weight excluding hydrogens is 396 g/mol. The molecule has 0 fully saturated rings. The maximum atomic E-state index is 12.2. The van der Waals surface area contributed by atoms with Crippen molar-refractivity contribution in [1.82, 2.24) is 9.55 Å². The average Bonchev–Trinajstić information content (AvgIpc) is 3.11. The molecule has 2 aromatic carbocycles. The summed E-state index contributed by atoms with van der Waals surface area (Å²) in [5.74, 6) is -0.367. The first-order valence-corrected chi connectivity index (χ1v) is 9.07. The van der Waals surface area contributed by atoms with Gasteiger partial charge in [-0.3, -0.25) is 25.0 Å². The van der Waals surface area contributed by atoms with Crippen LogP contribution in [0.15, 0.2) is 71.0 Å². The van der Waals surface area contributed by atoms with E-state index in [9.17, 15) is 25.0 Å². The third kappa shape index (κ3) is 4.74. The molecule has 0 atom stereocenters. The lowest BCUT2D eigenvalue weighted by Gasteiger charge is -2.04. The van der Waals surface area contributed by atoms with Crippen LogP contribution < -0.4 is 0 Å². The fraction of sp³-hybridized carbons (Fsp3) is 0.0526. The van der Waals surface area contributed by atoms with Gasteiger partial charge in [0.2, 0.25) is 0 Å². The Bertz CT molecular complexity index is 1120. The molecule has 0 saturated carbocycles. The number of nitro groups is 2. The summed E-state index contributed by atoms with van der Waals surface area (Å²) in [7, 11) is 1.79. The molecule has 3 aromatic rings. The maximum Gasteiger partial charge on any atom is 0.283 e. The number of carbonyl (C=O) groups is 1. The predicted molar refractivity (Wildman–Crippen MR) is 107 cm³/mol. The van der Waals surface area contributed by atoms with Gasteiger partial charge in [-0.25, -0.2) is 4.98 Å². The second-order valence-electron chi connectivity index (χ2n) is 5.91. The number of ketones is 1. The number of aryl methyl sites for hydroxylation is 1. The maximum absolute atomic E-state index is 12.2. The highest BCUT2D eigenvalue weighted by Crippen LogP contribution is 2.34. The Morgan fingerprint density at radius 1 is 1.10 bits per heavy atom. The van der Waals surface area contributed by atoms with Crippen molar-refractivity contribution in [2.45, 2.75) is 10.1 Å². The van der Waals surface area contributed by atoms with Crippen molar-refractivity contribution >= 4 is 35.0 Å². The molecule has 0 aliphatic rings. The van der Waals surface area contributed by atoms with Crippen LogP contribution >= 0.6 is 11.8 Å². The summed E-state index contributed by atoms with van der Waals surface area (Å²) in [6, 6.07) is 9.86. The molecule has 1 aromatic heterocycles. The van der Waals surface area contributed by atoms with Crippen LogP contribution in [0.2, 0.25) is 0 Å². The Labute approximate surface area is 169 Å². The molecule has 0 unspecified atom stereocenters. The van der Waals surface area contributed by atoms with Crippen LogP contribution in [0.1, 0.15) is 15.9 Å². The Hall–Kier alpha value is -3.79.